The van der Waals surface area contributed by atoms with E-state index in [4.69, 9.17) is 17.3 Å². The third-order valence-corrected chi connectivity index (χ3v) is 10.1. The molecule has 2 aliphatic heterocycles. The van der Waals surface area contributed by atoms with Crippen LogP contribution in [0.5, 0.6) is 0 Å². The first kappa shape index (κ1) is 28.0. The van der Waals surface area contributed by atoms with E-state index in [1.54, 1.807) is 21.4 Å². The first-order chi connectivity index (χ1) is 19.0. The van der Waals surface area contributed by atoms with Gasteiger partial charge in [-0.15, -0.1) is 0 Å². The molecule has 0 aliphatic carbocycles. The van der Waals surface area contributed by atoms with Gasteiger partial charge in [0.15, 0.2) is 0 Å². The van der Waals surface area contributed by atoms with Crippen molar-refractivity contribution in [2.75, 3.05) is 11.6 Å². The Morgan fingerprint density at radius 2 is 1.77 bits per heavy atom. The number of nitrogens with zero attached hydrogens (tertiary/aromatic N) is 2. The lowest BCUT2D eigenvalue weighted by molar-refractivity contribution is 0.385. The molecule has 2 heterocycles. The Morgan fingerprint density at radius 1 is 1.10 bits per heavy atom. The maximum absolute atomic E-state index is 14.8. The van der Waals surface area contributed by atoms with Gasteiger partial charge >= 0.3 is 0 Å². The van der Waals surface area contributed by atoms with E-state index in [-0.39, 0.29) is 5.82 Å². The van der Waals surface area contributed by atoms with Crippen LogP contribution in [0.25, 0.3) is 0 Å². The van der Waals surface area contributed by atoms with Crippen LogP contribution in [0.4, 0.5) is 10.1 Å². The van der Waals surface area contributed by atoms with Gasteiger partial charge in [-0.25, -0.2) is 12.9 Å². The average molecular weight is 577 g/mol. The van der Waals surface area contributed by atoms with Gasteiger partial charge in [-0.1, -0.05) is 55.1 Å². The van der Waals surface area contributed by atoms with Crippen molar-refractivity contribution in [3.8, 4) is 0 Å². The van der Waals surface area contributed by atoms with Crippen molar-refractivity contribution in [2.45, 2.75) is 44.0 Å². The summed E-state index contributed by atoms with van der Waals surface area (Å²) in [6, 6.07) is 18.1. The minimum Gasteiger partial charge on any atom is -0.401 e. The summed E-state index contributed by atoms with van der Waals surface area (Å²) in [5, 5.41) is 2.41. The molecule has 0 spiro atoms. The standard InChI is InChI=1S/C32H34ClFN4OS/c1-20-6-11-25(27(33)18-20)12-8-24-9-13-26(14-10-24)40(5,39)37-17-16-29-31(32(37)22(3)35)23(4)38(36-29)30-19-21(2)7-15-28(30)34/h6-7,9-11,13-15,18-19,32,36H,3-5,8,12,16-17,35H2,1-2H3. The number of benzene rings is 3. The third kappa shape index (κ3) is 5.17. The molecule has 3 aromatic carbocycles. The second-order valence-electron chi connectivity index (χ2n) is 10.5. The van der Waals surface area contributed by atoms with Crippen molar-refractivity contribution >= 4 is 32.9 Å². The number of halogens is 2. The lowest BCUT2D eigenvalue weighted by Gasteiger charge is -2.38. The predicted molar refractivity (Wildman–Crippen MR) is 165 cm³/mol. The Morgan fingerprint density at radius 3 is 2.45 bits per heavy atom. The summed E-state index contributed by atoms with van der Waals surface area (Å²) in [5.41, 5.74) is 16.7. The van der Waals surface area contributed by atoms with Crippen LogP contribution in [0.1, 0.15) is 28.7 Å². The Kier molecular flexibility index (Phi) is 7.57. The average Bonchev–Trinajstić information content (AvgIpc) is 3.25. The molecular weight excluding hydrogens is 543 g/mol. The van der Waals surface area contributed by atoms with Gasteiger partial charge in [0.2, 0.25) is 0 Å². The summed E-state index contributed by atoms with van der Waals surface area (Å²) < 4.78 is 30.9. The van der Waals surface area contributed by atoms with Gasteiger partial charge in [0.05, 0.1) is 27.1 Å². The van der Waals surface area contributed by atoms with Gasteiger partial charge in [-0.2, -0.15) is 0 Å². The quantitative estimate of drug-likeness (QED) is 0.328. The maximum atomic E-state index is 14.8. The van der Waals surface area contributed by atoms with Crippen LogP contribution in [-0.2, 0) is 22.5 Å². The van der Waals surface area contributed by atoms with Gasteiger partial charge in [0, 0.05) is 39.9 Å². The molecule has 0 amide bonds. The number of anilines is 1. The fraction of sp³-hybridized carbons (Fsp3) is 0.219. The highest BCUT2D eigenvalue weighted by Crippen LogP contribution is 2.40. The minimum absolute atomic E-state index is 0.324. The Bertz CT molecular complexity index is 1650. The molecule has 5 nitrogen and oxygen atoms in total. The Balaban J connectivity index is 1.38. The van der Waals surface area contributed by atoms with Crippen LogP contribution in [0.2, 0.25) is 5.02 Å². The summed E-state index contributed by atoms with van der Waals surface area (Å²) in [7, 11) is -2.93. The van der Waals surface area contributed by atoms with Gasteiger partial charge < -0.3 is 5.73 Å². The lowest BCUT2D eigenvalue weighted by atomic mass is 9.96. The topological polar surface area (TPSA) is 61.6 Å². The van der Waals surface area contributed by atoms with Crippen molar-refractivity contribution < 1.29 is 8.60 Å². The summed E-state index contributed by atoms with van der Waals surface area (Å²) in [4.78, 5) is 0.609. The highest BCUT2D eigenvalue weighted by molar-refractivity contribution is 7.98. The molecule has 208 valence electrons. The highest BCUT2D eigenvalue weighted by Gasteiger charge is 2.42. The molecule has 0 fully saturated rings. The van der Waals surface area contributed by atoms with E-state index in [0.717, 1.165) is 51.4 Å². The van der Waals surface area contributed by atoms with Crippen LogP contribution in [-0.4, -0.2) is 27.0 Å². The number of hydrogen-bond donors (Lipinski definition) is 2. The van der Waals surface area contributed by atoms with E-state index in [9.17, 15) is 8.60 Å². The smallest absolute Gasteiger partial charge is 0.148 e. The first-order valence-corrected chi connectivity index (χ1v) is 15.2. The highest BCUT2D eigenvalue weighted by atomic mass is 35.5. The predicted octanol–water partition coefficient (Wildman–Crippen LogP) is 6.21. The van der Waals surface area contributed by atoms with E-state index >= 15 is 0 Å². The molecular formula is C32H34ClFN4OS. The second-order valence-corrected chi connectivity index (χ2v) is 13.1. The molecule has 8 heteroatoms. The minimum atomic E-state index is -2.93. The fourth-order valence-electron chi connectivity index (χ4n) is 5.39. The van der Waals surface area contributed by atoms with E-state index in [1.165, 1.54) is 6.07 Å². The number of hydrogen-bond acceptors (Lipinski definition) is 4. The summed E-state index contributed by atoms with van der Waals surface area (Å²) >= 11 is 6.41. The molecule has 0 aromatic heterocycles. The maximum Gasteiger partial charge on any atom is 0.148 e. The normalized spacial score (nSPS) is 18.9. The molecule has 2 aliphatic rings. The third-order valence-electron chi connectivity index (χ3n) is 7.55. The molecule has 3 aromatic rings. The SMILES string of the molecule is C=C(N)C1C2=C(CCN1S(=C)(=O)c1ccc(CCc3ccc(C)cc3Cl)cc1)NN(c1cc(C)ccc1F)C2=C. The Labute approximate surface area is 241 Å². The van der Waals surface area contributed by atoms with Crippen molar-refractivity contribution in [3.05, 3.63) is 130 Å². The van der Waals surface area contributed by atoms with Crippen molar-refractivity contribution in [1.82, 2.24) is 9.73 Å². The van der Waals surface area contributed by atoms with Crippen LogP contribution in [0, 0.1) is 19.7 Å². The van der Waals surface area contributed by atoms with Crippen LogP contribution >= 0.6 is 11.6 Å². The second kappa shape index (κ2) is 10.8. The van der Waals surface area contributed by atoms with Crippen molar-refractivity contribution in [1.29, 1.82) is 0 Å². The van der Waals surface area contributed by atoms with Crippen molar-refractivity contribution in [2.24, 2.45) is 5.73 Å². The number of aryl methyl sites for hydroxylation is 4. The molecule has 2 unspecified atom stereocenters. The first-order valence-electron chi connectivity index (χ1n) is 13.1. The molecule has 5 rings (SSSR count). The fourth-order valence-corrected chi connectivity index (χ4v) is 7.52. The van der Waals surface area contributed by atoms with Gasteiger partial charge in [0.25, 0.3) is 0 Å². The molecule has 0 bridgehead atoms. The Hall–Kier alpha value is -3.52. The largest absolute Gasteiger partial charge is 0.401 e. The zero-order valence-electron chi connectivity index (χ0n) is 22.8. The summed E-state index contributed by atoms with van der Waals surface area (Å²) in [6.45, 7) is 12.6. The summed E-state index contributed by atoms with van der Waals surface area (Å²) in [5.74, 6) is 3.80. The van der Waals surface area contributed by atoms with Crippen LogP contribution in [0.15, 0.2) is 101 Å². The molecule has 3 N–H and O–H groups in total. The number of nitrogens with one attached hydrogen (secondary N) is 1. The molecule has 40 heavy (non-hydrogen) atoms. The molecule has 0 radical (unpaired) electrons. The zero-order chi connectivity index (χ0) is 28.8. The molecule has 0 saturated carbocycles. The van der Waals surface area contributed by atoms with Gasteiger partial charge in [-0.05, 0) is 85.1 Å². The van der Waals surface area contributed by atoms with Gasteiger partial charge in [0.1, 0.15) is 5.82 Å². The number of rotatable bonds is 7. The lowest BCUT2D eigenvalue weighted by Crippen LogP contribution is -2.47. The molecule has 2 atom stereocenters. The van der Waals surface area contributed by atoms with E-state index in [0.29, 0.717) is 34.9 Å². The molecule has 0 saturated heterocycles. The van der Waals surface area contributed by atoms with Gasteiger partial charge in [-0.3, -0.25) is 10.4 Å². The summed E-state index contributed by atoms with van der Waals surface area (Å²) in [6.07, 6.45) is 2.16. The van der Waals surface area contributed by atoms with E-state index in [1.807, 2.05) is 44.2 Å². The van der Waals surface area contributed by atoms with E-state index < -0.39 is 15.7 Å². The van der Waals surface area contributed by atoms with Crippen LogP contribution < -0.4 is 16.2 Å². The van der Waals surface area contributed by atoms with E-state index in [2.05, 4.69) is 36.6 Å². The monoisotopic (exact) mass is 576 g/mol. The van der Waals surface area contributed by atoms with Crippen molar-refractivity contribution in [3.63, 3.8) is 0 Å². The van der Waals surface area contributed by atoms with Crippen LogP contribution in [0.3, 0.4) is 0 Å². The zero-order valence-corrected chi connectivity index (χ0v) is 24.4. The number of nitrogens with two attached hydrogens (primary N) is 1. The number of hydrazine groups is 1.